The number of nitrogens with zero attached hydrogens (tertiary/aromatic N) is 4. The molecule has 142 valence electrons. The lowest BCUT2D eigenvalue weighted by Crippen LogP contribution is -2.05. The molecular formula is C21H21FN6. The Kier molecular flexibility index (Phi) is 5.14. The van der Waals surface area contributed by atoms with E-state index < -0.39 is 0 Å². The van der Waals surface area contributed by atoms with Gasteiger partial charge in [0.05, 0.1) is 0 Å². The molecule has 0 aliphatic rings. The van der Waals surface area contributed by atoms with Crippen molar-refractivity contribution < 1.29 is 4.39 Å². The molecule has 7 heteroatoms. The molecule has 0 atom stereocenters. The predicted octanol–water partition coefficient (Wildman–Crippen LogP) is 4.36. The third-order valence-electron chi connectivity index (χ3n) is 4.33. The zero-order valence-corrected chi connectivity index (χ0v) is 15.6. The number of anilines is 3. The molecule has 0 aliphatic heterocycles. The molecule has 0 spiro atoms. The highest BCUT2D eigenvalue weighted by atomic mass is 19.1. The van der Waals surface area contributed by atoms with Gasteiger partial charge in [0.1, 0.15) is 11.6 Å². The van der Waals surface area contributed by atoms with E-state index in [0.717, 1.165) is 36.6 Å². The Balaban J connectivity index is 1.46. The van der Waals surface area contributed by atoms with Gasteiger partial charge < -0.3 is 10.6 Å². The lowest BCUT2D eigenvalue weighted by atomic mass is 10.1. The summed E-state index contributed by atoms with van der Waals surface area (Å²) in [4.78, 5) is 8.90. The van der Waals surface area contributed by atoms with E-state index in [1.54, 1.807) is 16.6 Å². The summed E-state index contributed by atoms with van der Waals surface area (Å²) >= 11 is 0. The van der Waals surface area contributed by atoms with Crippen molar-refractivity contribution in [2.45, 2.75) is 19.8 Å². The maximum Gasteiger partial charge on any atom is 0.256 e. The fourth-order valence-corrected chi connectivity index (χ4v) is 2.97. The lowest BCUT2D eigenvalue weighted by molar-refractivity contribution is 0.628. The maximum absolute atomic E-state index is 13.1. The van der Waals surface area contributed by atoms with Crippen molar-refractivity contribution in [1.29, 1.82) is 0 Å². The Labute approximate surface area is 162 Å². The topological polar surface area (TPSA) is 67.1 Å². The number of nitrogens with one attached hydrogen (secondary N) is 2. The monoisotopic (exact) mass is 376 g/mol. The summed E-state index contributed by atoms with van der Waals surface area (Å²) < 4.78 is 14.8. The van der Waals surface area contributed by atoms with E-state index in [1.165, 1.54) is 17.7 Å². The molecule has 0 saturated heterocycles. The molecule has 2 aromatic carbocycles. The van der Waals surface area contributed by atoms with Crippen LogP contribution in [-0.4, -0.2) is 26.1 Å². The minimum absolute atomic E-state index is 0.274. The third kappa shape index (κ3) is 4.25. The summed E-state index contributed by atoms with van der Waals surface area (Å²) in [6.45, 7) is 2.67. The zero-order chi connectivity index (χ0) is 19.3. The van der Waals surface area contributed by atoms with E-state index in [-0.39, 0.29) is 5.82 Å². The highest BCUT2D eigenvalue weighted by molar-refractivity contribution is 5.59. The van der Waals surface area contributed by atoms with Gasteiger partial charge in [0.2, 0.25) is 5.95 Å². The van der Waals surface area contributed by atoms with Gasteiger partial charge in [-0.05, 0) is 49.6 Å². The van der Waals surface area contributed by atoms with Crippen LogP contribution < -0.4 is 10.6 Å². The summed E-state index contributed by atoms with van der Waals surface area (Å²) in [5.41, 5.74) is 2.90. The smallest absolute Gasteiger partial charge is 0.256 e. The van der Waals surface area contributed by atoms with Gasteiger partial charge in [0, 0.05) is 24.0 Å². The van der Waals surface area contributed by atoms with Crippen LogP contribution in [0.1, 0.15) is 17.7 Å². The fourth-order valence-electron chi connectivity index (χ4n) is 2.97. The second-order valence-electron chi connectivity index (χ2n) is 6.58. The maximum atomic E-state index is 13.1. The van der Waals surface area contributed by atoms with E-state index in [2.05, 4.69) is 50.0 Å². The van der Waals surface area contributed by atoms with Crippen LogP contribution in [0.15, 0.2) is 60.7 Å². The molecule has 6 nitrogen and oxygen atoms in total. The molecule has 0 unspecified atom stereocenters. The van der Waals surface area contributed by atoms with Gasteiger partial charge in [-0.3, -0.25) is 0 Å². The molecular weight excluding hydrogens is 355 g/mol. The highest BCUT2D eigenvalue weighted by Gasteiger charge is 2.10. The van der Waals surface area contributed by atoms with Gasteiger partial charge >= 0.3 is 0 Å². The van der Waals surface area contributed by atoms with Crippen molar-refractivity contribution >= 4 is 23.2 Å². The van der Waals surface area contributed by atoms with E-state index in [1.807, 2.05) is 19.1 Å². The first-order valence-electron chi connectivity index (χ1n) is 9.22. The Morgan fingerprint density at radius 3 is 2.57 bits per heavy atom. The van der Waals surface area contributed by atoms with E-state index in [0.29, 0.717) is 11.7 Å². The quantitative estimate of drug-likeness (QED) is 0.469. The molecule has 0 fully saturated rings. The number of aromatic nitrogens is 4. The molecule has 2 aromatic heterocycles. The van der Waals surface area contributed by atoms with Crippen molar-refractivity contribution in [3.8, 4) is 0 Å². The van der Waals surface area contributed by atoms with Gasteiger partial charge in [-0.25, -0.2) is 9.37 Å². The minimum Gasteiger partial charge on any atom is -0.353 e. The van der Waals surface area contributed by atoms with Crippen LogP contribution in [0.4, 0.5) is 21.8 Å². The first kappa shape index (κ1) is 17.9. The average molecular weight is 376 g/mol. The van der Waals surface area contributed by atoms with Crippen molar-refractivity contribution in [1.82, 2.24) is 19.6 Å². The van der Waals surface area contributed by atoms with Crippen molar-refractivity contribution in [2.75, 3.05) is 17.2 Å². The van der Waals surface area contributed by atoms with E-state index in [9.17, 15) is 4.39 Å². The Morgan fingerprint density at radius 2 is 1.79 bits per heavy atom. The average Bonchev–Trinajstić information content (AvgIpc) is 3.11. The van der Waals surface area contributed by atoms with Crippen LogP contribution in [0.25, 0.3) is 5.78 Å². The number of hydrogen-bond donors (Lipinski definition) is 2. The number of fused-ring (bicyclic) bond motifs is 1. The van der Waals surface area contributed by atoms with Gasteiger partial charge in [-0.15, -0.1) is 5.10 Å². The van der Waals surface area contributed by atoms with Crippen LogP contribution in [0.3, 0.4) is 0 Å². The van der Waals surface area contributed by atoms with Gasteiger partial charge in [0.15, 0.2) is 0 Å². The van der Waals surface area contributed by atoms with E-state index >= 15 is 0 Å². The standard InChI is InChI=1S/C21H21FN6/c1-15-14-19(25-18-11-9-17(22)10-12-18)28-21(24-15)26-20(27-28)23-13-5-8-16-6-3-2-4-7-16/h2-4,6-7,9-12,14,25H,5,8,13H2,1H3,(H,23,27). The van der Waals surface area contributed by atoms with Crippen LogP contribution in [0, 0.1) is 12.7 Å². The van der Waals surface area contributed by atoms with Gasteiger partial charge in [0.25, 0.3) is 5.78 Å². The molecule has 4 aromatic rings. The minimum atomic E-state index is -0.274. The van der Waals surface area contributed by atoms with Crippen LogP contribution in [0.5, 0.6) is 0 Å². The summed E-state index contributed by atoms with van der Waals surface area (Å²) in [6, 6.07) is 18.4. The molecule has 28 heavy (non-hydrogen) atoms. The number of halogens is 1. The molecule has 0 saturated carbocycles. The fraction of sp³-hybridized carbons (Fsp3) is 0.190. The first-order valence-corrected chi connectivity index (χ1v) is 9.22. The molecule has 2 N–H and O–H groups in total. The normalized spacial score (nSPS) is 10.9. The third-order valence-corrected chi connectivity index (χ3v) is 4.33. The Bertz CT molecular complexity index is 1060. The van der Waals surface area contributed by atoms with E-state index in [4.69, 9.17) is 0 Å². The molecule has 0 radical (unpaired) electrons. The summed E-state index contributed by atoms with van der Waals surface area (Å²) in [5, 5.41) is 11.0. The van der Waals surface area contributed by atoms with Crippen LogP contribution >= 0.6 is 0 Å². The highest BCUT2D eigenvalue weighted by Crippen LogP contribution is 2.19. The van der Waals surface area contributed by atoms with Crippen molar-refractivity contribution in [2.24, 2.45) is 0 Å². The second kappa shape index (κ2) is 8.04. The summed E-state index contributed by atoms with van der Waals surface area (Å²) in [5.74, 6) is 1.49. The summed E-state index contributed by atoms with van der Waals surface area (Å²) in [6.07, 6.45) is 1.97. The molecule has 2 heterocycles. The zero-order valence-electron chi connectivity index (χ0n) is 15.6. The SMILES string of the molecule is Cc1cc(Nc2ccc(F)cc2)n2nc(NCCCc3ccccc3)nc2n1. The number of benzene rings is 2. The lowest BCUT2D eigenvalue weighted by Gasteiger charge is -2.08. The molecule has 4 rings (SSSR count). The Morgan fingerprint density at radius 1 is 1.00 bits per heavy atom. The van der Waals surface area contributed by atoms with Gasteiger partial charge in [-0.1, -0.05) is 30.3 Å². The predicted molar refractivity (Wildman–Crippen MR) is 108 cm³/mol. The summed E-state index contributed by atoms with van der Waals surface area (Å²) in [7, 11) is 0. The van der Waals surface area contributed by atoms with Gasteiger partial charge in [-0.2, -0.15) is 9.50 Å². The number of aryl methyl sites for hydroxylation is 2. The van der Waals surface area contributed by atoms with Crippen LogP contribution in [0.2, 0.25) is 0 Å². The largest absolute Gasteiger partial charge is 0.353 e. The molecule has 0 amide bonds. The number of hydrogen-bond acceptors (Lipinski definition) is 5. The molecule has 0 aliphatic carbocycles. The second-order valence-corrected chi connectivity index (χ2v) is 6.58. The Hall–Kier alpha value is -3.48. The molecule has 0 bridgehead atoms. The van der Waals surface area contributed by atoms with Crippen molar-refractivity contribution in [3.05, 3.63) is 77.7 Å². The number of rotatable bonds is 7. The van der Waals surface area contributed by atoms with Crippen LogP contribution in [-0.2, 0) is 6.42 Å². The first-order chi connectivity index (χ1) is 13.7. The van der Waals surface area contributed by atoms with Crippen molar-refractivity contribution in [3.63, 3.8) is 0 Å².